The van der Waals surface area contributed by atoms with Crippen molar-refractivity contribution < 1.29 is 19.4 Å². The van der Waals surface area contributed by atoms with Gasteiger partial charge in [-0.2, -0.15) is 0 Å². The molecule has 4 nitrogen and oxygen atoms in total. The highest BCUT2D eigenvalue weighted by molar-refractivity contribution is 5.85. The number of aliphatic hydroxyl groups is 1. The fourth-order valence-electron chi connectivity index (χ4n) is 1.05. The Morgan fingerprint density at radius 1 is 1.20 bits per heavy atom. The van der Waals surface area contributed by atoms with E-state index >= 15 is 0 Å². The third-order valence-corrected chi connectivity index (χ3v) is 1.83. The first kappa shape index (κ1) is 14.0. The van der Waals surface area contributed by atoms with Crippen LogP contribution in [0, 0.1) is 0 Å². The van der Waals surface area contributed by atoms with E-state index in [9.17, 15) is 4.79 Å². The SMILES string of the molecule is C=C(OCC)C(=O)OCCCCCCO. The van der Waals surface area contributed by atoms with Crippen molar-refractivity contribution in [2.45, 2.75) is 32.6 Å². The van der Waals surface area contributed by atoms with Gasteiger partial charge in [0.1, 0.15) is 0 Å². The predicted octanol–water partition coefficient (Wildman–Crippen LogP) is 1.63. The second-order valence-corrected chi connectivity index (χ2v) is 3.13. The zero-order valence-electron chi connectivity index (χ0n) is 9.33. The number of esters is 1. The molecule has 0 unspecified atom stereocenters. The summed E-state index contributed by atoms with van der Waals surface area (Å²) in [5, 5.41) is 8.53. The van der Waals surface area contributed by atoms with E-state index in [4.69, 9.17) is 14.6 Å². The van der Waals surface area contributed by atoms with Gasteiger partial charge in [-0.05, 0) is 32.8 Å². The van der Waals surface area contributed by atoms with Crippen molar-refractivity contribution in [2.75, 3.05) is 19.8 Å². The van der Waals surface area contributed by atoms with Crippen LogP contribution in [0.15, 0.2) is 12.3 Å². The van der Waals surface area contributed by atoms with Gasteiger partial charge in [-0.25, -0.2) is 4.79 Å². The Morgan fingerprint density at radius 3 is 2.47 bits per heavy atom. The molecule has 0 heterocycles. The van der Waals surface area contributed by atoms with E-state index in [0.29, 0.717) is 13.2 Å². The fraction of sp³-hybridized carbons (Fsp3) is 0.727. The minimum atomic E-state index is -0.487. The van der Waals surface area contributed by atoms with Crippen LogP contribution in [0.5, 0.6) is 0 Å². The lowest BCUT2D eigenvalue weighted by Gasteiger charge is -2.06. The Kier molecular flexibility index (Phi) is 8.87. The summed E-state index contributed by atoms with van der Waals surface area (Å²) in [6.45, 7) is 6.26. The standard InChI is InChI=1S/C11H20O4/c1-3-14-10(2)11(13)15-9-7-5-4-6-8-12/h12H,2-9H2,1H3. The van der Waals surface area contributed by atoms with Crippen molar-refractivity contribution in [1.29, 1.82) is 0 Å². The number of carbonyl (C=O) groups is 1. The third-order valence-electron chi connectivity index (χ3n) is 1.83. The molecule has 0 aromatic heterocycles. The van der Waals surface area contributed by atoms with Gasteiger partial charge >= 0.3 is 5.97 Å². The van der Waals surface area contributed by atoms with Crippen LogP contribution >= 0.6 is 0 Å². The normalized spacial score (nSPS) is 9.73. The predicted molar refractivity (Wildman–Crippen MR) is 57.3 cm³/mol. The van der Waals surface area contributed by atoms with Crippen LogP contribution in [0.4, 0.5) is 0 Å². The van der Waals surface area contributed by atoms with Crippen molar-refractivity contribution in [2.24, 2.45) is 0 Å². The first-order chi connectivity index (χ1) is 7.22. The number of unbranched alkanes of at least 4 members (excludes halogenated alkanes) is 3. The summed E-state index contributed by atoms with van der Waals surface area (Å²) in [4.78, 5) is 11.1. The van der Waals surface area contributed by atoms with Crippen LogP contribution < -0.4 is 0 Å². The smallest absolute Gasteiger partial charge is 0.372 e. The van der Waals surface area contributed by atoms with Crippen LogP contribution in [-0.2, 0) is 14.3 Å². The molecule has 0 radical (unpaired) electrons. The van der Waals surface area contributed by atoms with E-state index in [1.807, 2.05) is 0 Å². The average molecular weight is 216 g/mol. The topological polar surface area (TPSA) is 55.8 Å². The van der Waals surface area contributed by atoms with Gasteiger partial charge in [0.25, 0.3) is 0 Å². The van der Waals surface area contributed by atoms with Crippen LogP contribution in [0.2, 0.25) is 0 Å². The molecular weight excluding hydrogens is 196 g/mol. The molecule has 1 N–H and O–H groups in total. The van der Waals surface area contributed by atoms with Crippen LogP contribution in [-0.4, -0.2) is 30.9 Å². The summed E-state index contributed by atoms with van der Waals surface area (Å²) in [5.41, 5.74) is 0. The second-order valence-electron chi connectivity index (χ2n) is 3.13. The maximum Gasteiger partial charge on any atom is 0.372 e. The molecule has 0 aliphatic rings. The average Bonchev–Trinajstić information content (AvgIpc) is 2.23. The van der Waals surface area contributed by atoms with Gasteiger partial charge in [0.15, 0.2) is 5.76 Å². The number of carbonyl (C=O) groups excluding carboxylic acids is 1. The number of rotatable bonds is 9. The maximum absolute atomic E-state index is 11.1. The number of hydrogen-bond acceptors (Lipinski definition) is 4. The zero-order chi connectivity index (χ0) is 11.5. The van der Waals surface area contributed by atoms with E-state index in [2.05, 4.69) is 6.58 Å². The Bertz CT molecular complexity index is 189. The van der Waals surface area contributed by atoms with Gasteiger partial charge < -0.3 is 14.6 Å². The van der Waals surface area contributed by atoms with Crippen molar-refractivity contribution in [3.05, 3.63) is 12.3 Å². The van der Waals surface area contributed by atoms with Gasteiger partial charge in [-0.3, -0.25) is 0 Å². The fourth-order valence-corrected chi connectivity index (χ4v) is 1.05. The van der Waals surface area contributed by atoms with Crippen LogP contribution in [0.3, 0.4) is 0 Å². The zero-order valence-corrected chi connectivity index (χ0v) is 9.33. The highest BCUT2D eigenvalue weighted by atomic mass is 16.6. The Hall–Kier alpha value is -1.03. The molecule has 0 spiro atoms. The van der Waals surface area contributed by atoms with E-state index in [0.717, 1.165) is 25.7 Å². The summed E-state index contributed by atoms with van der Waals surface area (Å²) in [7, 11) is 0. The van der Waals surface area contributed by atoms with Crippen molar-refractivity contribution in [1.82, 2.24) is 0 Å². The summed E-state index contributed by atoms with van der Waals surface area (Å²) in [6.07, 6.45) is 3.53. The minimum absolute atomic E-state index is 0.0628. The molecule has 0 saturated heterocycles. The van der Waals surface area contributed by atoms with Gasteiger partial charge in [0, 0.05) is 6.61 Å². The lowest BCUT2D eigenvalue weighted by molar-refractivity contribution is -0.143. The number of hydrogen-bond donors (Lipinski definition) is 1. The van der Waals surface area contributed by atoms with Crippen LogP contribution in [0.1, 0.15) is 32.6 Å². The highest BCUT2D eigenvalue weighted by Crippen LogP contribution is 2.02. The van der Waals surface area contributed by atoms with E-state index in [-0.39, 0.29) is 12.4 Å². The van der Waals surface area contributed by atoms with Crippen molar-refractivity contribution in [3.8, 4) is 0 Å². The Balaban J connectivity index is 3.35. The molecule has 0 rings (SSSR count). The summed E-state index contributed by atoms with van der Waals surface area (Å²) in [5.74, 6) is -0.424. The van der Waals surface area contributed by atoms with E-state index < -0.39 is 5.97 Å². The van der Waals surface area contributed by atoms with E-state index in [1.54, 1.807) is 6.92 Å². The summed E-state index contributed by atoms with van der Waals surface area (Å²) >= 11 is 0. The molecule has 0 aliphatic heterocycles. The Morgan fingerprint density at radius 2 is 1.87 bits per heavy atom. The largest absolute Gasteiger partial charge is 0.487 e. The molecular formula is C11H20O4. The molecule has 0 aromatic rings. The first-order valence-corrected chi connectivity index (χ1v) is 5.32. The van der Waals surface area contributed by atoms with Crippen molar-refractivity contribution in [3.63, 3.8) is 0 Å². The molecule has 0 fully saturated rings. The molecule has 0 amide bonds. The van der Waals surface area contributed by atoms with Gasteiger partial charge in [-0.1, -0.05) is 6.42 Å². The molecule has 0 aromatic carbocycles. The van der Waals surface area contributed by atoms with Crippen LogP contribution in [0.25, 0.3) is 0 Å². The minimum Gasteiger partial charge on any atom is -0.487 e. The maximum atomic E-state index is 11.1. The monoisotopic (exact) mass is 216 g/mol. The molecule has 15 heavy (non-hydrogen) atoms. The lowest BCUT2D eigenvalue weighted by atomic mass is 10.2. The molecule has 88 valence electrons. The molecule has 0 aliphatic carbocycles. The van der Waals surface area contributed by atoms with E-state index in [1.165, 1.54) is 0 Å². The molecule has 0 atom stereocenters. The van der Waals surface area contributed by atoms with Gasteiger partial charge in [0.2, 0.25) is 0 Å². The van der Waals surface area contributed by atoms with Gasteiger partial charge in [0.05, 0.1) is 13.2 Å². The first-order valence-electron chi connectivity index (χ1n) is 5.32. The molecule has 0 bridgehead atoms. The molecule has 4 heteroatoms. The third kappa shape index (κ3) is 8.00. The summed E-state index contributed by atoms with van der Waals surface area (Å²) in [6, 6.07) is 0. The second kappa shape index (κ2) is 9.52. The molecule has 0 saturated carbocycles. The summed E-state index contributed by atoms with van der Waals surface area (Å²) < 4.78 is 9.81. The van der Waals surface area contributed by atoms with Gasteiger partial charge in [-0.15, -0.1) is 0 Å². The number of ether oxygens (including phenoxy) is 2. The number of aliphatic hydroxyl groups excluding tert-OH is 1. The highest BCUT2D eigenvalue weighted by Gasteiger charge is 2.08. The quantitative estimate of drug-likeness (QED) is 0.275. The van der Waals surface area contributed by atoms with Crippen molar-refractivity contribution >= 4 is 5.97 Å². The Labute approximate surface area is 90.9 Å². The lowest BCUT2D eigenvalue weighted by Crippen LogP contribution is -2.10.